The Bertz CT molecular complexity index is 532. The molecule has 1 atom stereocenters. The van der Waals surface area contributed by atoms with Crippen molar-refractivity contribution in [2.75, 3.05) is 0 Å². The lowest BCUT2D eigenvalue weighted by Gasteiger charge is -2.22. The molecule has 3 rings (SSSR count). The van der Waals surface area contributed by atoms with Gasteiger partial charge in [-0.2, -0.15) is 5.10 Å². The van der Waals surface area contributed by atoms with Crippen LogP contribution >= 0.6 is 0 Å². The van der Waals surface area contributed by atoms with Crippen LogP contribution in [0.25, 0.3) is 0 Å². The van der Waals surface area contributed by atoms with Crippen molar-refractivity contribution in [2.45, 2.75) is 18.4 Å². The lowest BCUT2D eigenvalue weighted by molar-refractivity contribution is 0.0829. The lowest BCUT2D eigenvalue weighted by atomic mass is 9.90. The summed E-state index contributed by atoms with van der Waals surface area (Å²) in [5.41, 5.74) is 2.32. The molecule has 0 amide bonds. The number of hydrogen-bond acceptors (Lipinski definition) is 2. The highest BCUT2D eigenvalue weighted by Gasteiger charge is 2.38. The third-order valence-electron chi connectivity index (χ3n) is 3.40. The SMILES string of the molecule is Cn1cc(C2(O)CCc3ccccc32)cn1. The molecule has 0 fully saturated rings. The Labute approximate surface area is 94.3 Å². The summed E-state index contributed by atoms with van der Waals surface area (Å²) in [5.74, 6) is 0. The van der Waals surface area contributed by atoms with Crippen molar-refractivity contribution in [1.29, 1.82) is 0 Å². The van der Waals surface area contributed by atoms with Crippen molar-refractivity contribution >= 4 is 0 Å². The van der Waals surface area contributed by atoms with Gasteiger partial charge in [-0.1, -0.05) is 24.3 Å². The summed E-state index contributed by atoms with van der Waals surface area (Å²) >= 11 is 0. The van der Waals surface area contributed by atoms with Gasteiger partial charge in [-0.05, 0) is 24.0 Å². The molecule has 0 spiro atoms. The second-order valence-corrected chi connectivity index (χ2v) is 4.42. The van der Waals surface area contributed by atoms with Gasteiger partial charge in [0.15, 0.2) is 0 Å². The van der Waals surface area contributed by atoms with Gasteiger partial charge in [0.2, 0.25) is 0 Å². The van der Waals surface area contributed by atoms with Crippen LogP contribution in [-0.4, -0.2) is 14.9 Å². The normalized spacial score (nSPS) is 23.4. The van der Waals surface area contributed by atoms with E-state index in [0.717, 1.165) is 24.0 Å². The molecule has 0 aliphatic heterocycles. The Balaban J connectivity index is 2.14. The highest BCUT2D eigenvalue weighted by atomic mass is 16.3. The molecule has 1 N–H and O–H groups in total. The highest BCUT2D eigenvalue weighted by molar-refractivity contribution is 5.43. The number of aromatic nitrogens is 2. The second kappa shape index (κ2) is 3.19. The summed E-state index contributed by atoms with van der Waals surface area (Å²) in [4.78, 5) is 0. The van der Waals surface area contributed by atoms with Crippen LogP contribution in [0.2, 0.25) is 0 Å². The van der Waals surface area contributed by atoms with Gasteiger partial charge in [-0.3, -0.25) is 4.68 Å². The Morgan fingerprint density at radius 2 is 2.19 bits per heavy atom. The Morgan fingerprint density at radius 3 is 2.94 bits per heavy atom. The minimum atomic E-state index is -0.842. The highest BCUT2D eigenvalue weighted by Crippen LogP contribution is 2.41. The van der Waals surface area contributed by atoms with Gasteiger partial charge in [0.1, 0.15) is 5.60 Å². The third-order valence-corrected chi connectivity index (χ3v) is 3.40. The van der Waals surface area contributed by atoms with Gasteiger partial charge in [-0.15, -0.1) is 0 Å². The summed E-state index contributed by atoms with van der Waals surface area (Å²) in [5, 5.41) is 14.9. The fraction of sp³-hybridized carbons (Fsp3) is 0.308. The van der Waals surface area contributed by atoms with E-state index in [2.05, 4.69) is 11.2 Å². The molecule has 1 aliphatic rings. The Hall–Kier alpha value is -1.61. The molecule has 0 radical (unpaired) electrons. The van der Waals surface area contributed by atoms with E-state index in [1.54, 1.807) is 10.9 Å². The van der Waals surface area contributed by atoms with Crippen LogP contribution in [0.4, 0.5) is 0 Å². The van der Waals surface area contributed by atoms with E-state index in [9.17, 15) is 5.11 Å². The van der Waals surface area contributed by atoms with Crippen molar-refractivity contribution in [3.63, 3.8) is 0 Å². The van der Waals surface area contributed by atoms with Gasteiger partial charge < -0.3 is 5.11 Å². The second-order valence-electron chi connectivity index (χ2n) is 4.42. The zero-order chi connectivity index (χ0) is 11.2. The van der Waals surface area contributed by atoms with Gasteiger partial charge in [0.25, 0.3) is 0 Å². The van der Waals surface area contributed by atoms with Crippen LogP contribution in [-0.2, 0) is 19.1 Å². The molecule has 0 saturated heterocycles. The maximum Gasteiger partial charge on any atom is 0.118 e. The number of rotatable bonds is 1. The summed E-state index contributed by atoms with van der Waals surface area (Å²) in [6.07, 6.45) is 5.32. The summed E-state index contributed by atoms with van der Waals surface area (Å²) in [7, 11) is 1.87. The minimum Gasteiger partial charge on any atom is -0.380 e. The maximum absolute atomic E-state index is 10.8. The fourth-order valence-corrected chi connectivity index (χ4v) is 2.53. The van der Waals surface area contributed by atoms with Gasteiger partial charge in [-0.25, -0.2) is 0 Å². The predicted molar refractivity (Wildman–Crippen MR) is 61.0 cm³/mol. The number of fused-ring (bicyclic) bond motifs is 1. The maximum atomic E-state index is 10.8. The van der Waals surface area contributed by atoms with E-state index in [-0.39, 0.29) is 0 Å². The molecule has 16 heavy (non-hydrogen) atoms. The van der Waals surface area contributed by atoms with Crippen molar-refractivity contribution in [3.05, 3.63) is 53.3 Å². The van der Waals surface area contributed by atoms with E-state index in [0.29, 0.717) is 0 Å². The van der Waals surface area contributed by atoms with Crippen LogP contribution in [0.5, 0.6) is 0 Å². The molecule has 1 aliphatic carbocycles. The molecule has 0 bridgehead atoms. The summed E-state index contributed by atoms with van der Waals surface area (Å²) < 4.78 is 1.73. The van der Waals surface area contributed by atoms with Crippen molar-refractivity contribution in [3.8, 4) is 0 Å². The van der Waals surface area contributed by atoms with Crippen LogP contribution < -0.4 is 0 Å². The van der Waals surface area contributed by atoms with Crippen LogP contribution in [0.15, 0.2) is 36.7 Å². The Kier molecular flexibility index (Phi) is 1.91. The van der Waals surface area contributed by atoms with E-state index >= 15 is 0 Å². The number of nitrogens with zero attached hydrogens (tertiary/aromatic N) is 2. The topological polar surface area (TPSA) is 38.0 Å². The van der Waals surface area contributed by atoms with Crippen LogP contribution in [0, 0.1) is 0 Å². The molecule has 3 heteroatoms. The van der Waals surface area contributed by atoms with Gasteiger partial charge >= 0.3 is 0 Å². The zero-order valence-electron chi connectivity index (χ0n) is 9.22. The van der Waals surface area contributed by atoms with Gasteiger partial charge in [0.05, 0.1) is 6.20 Å². The molecule has 2 aromatic rings. The first-order chi connectivity index (χ1) is 7.70. The molecule has 1 unspecified atom stereocenters. The molecular weight excluding hydrogens is 200 g/mol. The van der Waals surface area contributed by atoms with Crippen molar-refractivity contribution in [1.82, 2.24) is 9.78 Å². The van der Waals surface area contributed by atoms with Gasteiger partial charge in [0, 0.05) is 18.8 Å². The van der Waals surface area contributed by atoms with E-state index < -0.39 is 5.60 Å². The molecular formula is C13H14N2O. The Morgan fingerprint density at radius 1 is 1.38 bits per heavy atom. The summed E-state index contributed by atoms with van der Waals surface area (Å²) in [6.45, 7) is 0. The molecule has 1 heterocycles. The fourth-order valence-electron chi connectivity index (χ4n) is 2.53. The van der Waals surface area contributed by atoms with Crippen LogP contribution in [0.3, 0.4) is 0 Å². The number of aliphatic hydroxyl groups is 1. The van der Waals surface area contributed by atoms with E-state index in [1.807, 2.05) is 31.4 Å². The lowest BCUT2D eigenvalue weighted by Crippen LogP contribution is -2.23. The largest absolute Gasteiger partial charge is 0.380 e. The first kappa shape index (κ1) is 9.60. The smallest absolute Gasteiger partial charge is 0.118 e. The number of aryl methyl sites for hydroxylation is 2. The molecule has 1 aromatic heterocycles. The van der Waals surface area contributed by atoms with Crippen molar-refractivity contribution < 1.29 is 5.11 Å². The zero-order valence-corrected chi connectivity index (χ0v) is 9.22. The first-order valence-electron chi connectivity index (χ1n) is 5.50. The van der Waals surface area contributed by atoms with E-state index in [1.165, 1.54) is 5.56 Å². The monoisotopic (exact) mass is 214 g/mol. The quantitative estimate of drug-likeness (QED) is 0.783. The molecule has 82 valence electrons. The molecule has 3 nitrogen and oxygen atoms in total. The summed E-state index contributed by atoms with van der Waals surface area (Å²) in [6, 6.07) is 8.10. The van der Waals surface area contributed by atoms with Crippen molar-refractivity contribution in [2.24, 2.45) is 7.05 Å². The first-order valence-corrected chi connectivity index (χ1v) is 5.50. The van der Waals surface area contributed by atoms with Crippen LogP contribution in [0.1, 0.15) is 23.1 Å². The average molecular weight is 214 g/mol. The minimum absolute atomic E-state index is 0.748. The van der Waals surface area contributed by atoms with E-state index in [4.69, 9.17) is 0 Å². The predicted octanol–water partition coefficient (Wildman–Crippen LogP) is 1.60. The molecule has 0 saturated carbocycles. The standard InChI is InChI=1S/C13H14N2O/c1-15-9-11(8-14-15)13(16)7-6-10-4-2-3-5-12(10)13/h2-5,8-9,16H,6-7H2,1H3. The molecule has 1 aromatic carbocycles. The average Bonchev–Trinajstić information content (AvgIpc) is 2.86. The third kappa shape index (κ3) is 1.21. The number of hydrogen-bond donors (Lipinski definition) is 1. The number of benzene rings is 1.